The Morgan fingerprint density at radius 1 is 1.14 bits per heavy atom. The van der Waals surface area contributed by atoms with E-state index in [9.17, 15) is 4.39 Å². The highest BCUT2D eigenvalue weighted by atomic mass is 19.1. The molecule has 0 unspecified atom stereocenters. The van der Waals surface area contributed by atoms with E-state index in [1.165, 1.54) is 12.1 Å². The second-order valence-electron chi connectivity index (χ2n) is 6.49. The standard InChI is InChI=1S/C21H26FN5O2/c1-4-18-17(19(5-2)29-27-18)12-25-21(23-3)24-11-10-16-13-28-20(26-16)14-6-8-15(22)9-7-14/h6-9,13H,4-5,10-12H2,1-3H3,(H2,23,24,25). The summed E-state index contributed by atoms with van der Waals surface area (Å²) in [5.41, 5.74) is 3.63. The quantitative estimate of drug-likeness (QED) is 0.445. The molecular formula is C21H26FN5O2. The number of rotatable bonds is 8. The topological polar surface area (TPSA) is 88.5 Å². The first-order valence-corrected chi connectivity index (χ1v) is 9.75. The molecule has 0 bridgehead atoms. The monoisotopic (exact) mass is 399 g/mol. The van der Waals surface area contributed by atoms with Gasteiger partial charge in [-0.1, -0.05) is 19.0 Å². The van der Waals surface area contributed by atoms with E-state index >= 15 is 0 Å². The Bertz CT molecular complexity index is 925. The lowest BCUT2D eigenvalue weighted by molar-refractivity contribution is 0.380. The summed E-state index contributed by atoms with van der Waals surface area (Å²) in [6.45, 7) is 5.36. The third-order valence-electron chi connectivity index (χ3n) is 4.58. The normalized spacial score (nSPS) is 11.7. The highest BCUT2D eigenvalue weighted by molar-refractivity contribution is 5.79. The molecular weight excluding hydrogens is 373 g/mol. The third-order valence-corrected chi connectivity index (χ3v) is 4.58. The molecule has 2 aromatic heterocycles. The number of nitrogens with zero attached hydrogens (tertiary/aromatic N) is 3. The van der Waals surface area contributed by atoms with Crippen molar-refractivity contribution in [3.05, 3.63) is 59.1 Å². The Morgan fingerprint density at radius 2 is 1.93 bits per heavy atom. The highest BCUT2D eigenvalue weighted by Gasteiger charge is 2.13. The highest BCUT2D eigenvalue weighted by Crippen LogP contribution is 2.19. The van der Waals surface area contributed by atoms with Gasteiger partial charge in [0.2, 0.25) is 5.89 Å². The summed E-state index contributed by atoms with van der Waals surface area (Å²) in [7, 11) is 1.73. The van der Waals surface area contributed by atoms with Gasteiger partial charge in [0, 0.05) is 44.1 Å². The predicted molar refractivity (Wildman–Crippen MR) is 109 cm³/mol. The Kier molecular flexibility index (Phi) is 6.99. The van der Waals surface area contributed by atoms with Gasteiger partial charge in [-0.25, -0.2) is 9.37 Å². The minimum atomic E-state index is -0.285. The fourth-order valence-electron chi connectivity index (χ4n) is 2.99. The minimum Gasteiger partial charge on any atom is -0.444 e. The number of aryl methyl sites for hydroxylation is 2. The van der Waals surface area contributed by atoms with Crippen LogP contribution >= 0.6 is 0 Å². The maximum Gasteiger partial charge on any atom is 0.226 e. The zero-order valence-corrected chi connectivity index (χ0v) is 17.0. The van der Waals surface area contributed by atoms with E-state index in [1.807, 2.05) is 0 Å². The summed E-state index contributed by atoms with van der Waals surface area (Å²) in [6.07, 6.45) is 3.92. The Labute approximate surface area is 169 Å². The molecule has 2 N–H and O–H groups in total. The lowest BCUT2D eigenvalue weighted by Gasteiger charge is -2.11. The Balaban J connectivity index is 1.50. The number of nitrogens with one attached hydrogen (secondary N) is 2. The molecule has 0 aliphatic carbocycles. The van der Waals surface area contributed by atoms with Crippen molar-refractivity contribution in [3.8, 4) is 11.5 Å². The van der Waals surface area contributed by atoms with E-state index in [4.69, 9.17) is 8.94 Å². The van der Waals surface area contributed by atoms with Gasteiger partial charge in [-0.05, 0) is 30.7 Å². The zero-order chi connectivity index (χ0) is 20.6. The van der Waals surface area contributed by atoms with Gasteiger partial charge >= 0.3 is 0 Å². The summed E-state index contributed by atoms with van der Waals surface area (Å²) in [6, 6.07) is 6.07. The number of oxazole rings is 1. The summed E-state index contributed by atoms with van der Waals surface area (Å²) < 4.78 is 23.9. The van der Waals surface area contributed by atoms with Gasteiger partial charge in [-0.2, -0.15) is 0 Å². The van der Waals surface area contributed by atoms with E-state index in [0.717, 1.165) is 41.1 Å². The number of hydrogen-bond acceptors (Lipinski definition) is 5. The van der Waals surface area contributed by atoms with Crippen molar-refractivity contribution in [2.45, 2.75) is 39.7 Å². The second kappa shape index (κ2) is 9.86. The first-order valence-electron chi connectivity index (χ1n) is 9.75. The van der Waals surface area contributed by atoms with Crippen LogP contribution in [0.5, 0.6) is 0 Å². The van der Waals surface area contributed by atoms with Crippen molar-refractivity contribution in [1.82, 2.24) is 20.8 Å². The van der Waals surface area contributed by atoms with Gasteiger partial charge in [0.15, 0.2) is 5.96 Å². The predicted octanol–water partition coefficient (Wildman–Crippen LogP) is 3.50. The lowest BCUT2D eigenvalue weighted by Crippen LogP contribution is -2.38. The largest absolute Gasteiger partial charge is 0.444 e. The average molecular weight is 399 g/mol. The lowest BCUT2D eigenvalue weighted by atomic mass is 10.1. The van der Waals surface area contributed by atoms with Crippen LogP contribution in [0.3, 0.4) is 0 Å². The number of aliphatic imine (C=N–C) groups is 1. The van der Waals surface area contributed by atoms with Crippen LogP contribution in [0.25, 0.3) is 11.5 Å². The van der Waals surface area contributed by atoms with Gasteiger partial charge in [0.05, 0.1) is 11.4 Å². The number of hydrogen-bond donors (Lipinski definition) is 2. The molecule has 2 heterocycles. The summed E-state index contributed by atoms with van der Waals surface area (Å²) in [4.78, 5) is 8.71. The van der Waals surface area contributed by atoms with Gasteiger partial charge in [-0.15, -0.1) is 0 Å². The molecule has 0 aliphatic heterocycles. The van der Waals surface area contributed by atoms with Crippen LogP contribution in [-0.4, -0.2) is 29.7 Å². The fourth-order valence-corrected chi connectivity index (χ4v) is 2.99. The Morgan fingerprint density at radius 3 is 2.62 bits per heavy atom. The smallest absolute Gasteiger partial charge is 0.226 e. The van der Waals surface area contributed by atoms with E-state index in [1.54, 1.807) is 25.4 Å². The number of guanidine groups is 1. The SMILES string of the molecule is CCc1noc(CC)c1CNC(=NC)NCCc1coc(-c2ccc(F)cc2)n1. The molecule has 8 heteroatoms. The number of halogens is 1. The van der Waals surface area contributed by atoms with Gasteiger partial charge in [-0.3, -0.25) is 4.99 Å². The van der Waals surface area contributed by atoms with E-state index in [2.05, 4.69) is 39.6 Å². The first-order chi connectivity index (χ1) is 14.1. The van der Waals surface area contributed by atoms with Crippen molar-refractivity contribution >= 4 is 5.96 Å². The molecule has 0 radical (unpaired) electrons. The molecule has 0 saturated carbocycles. The molecule has 3 rings (SSSR count). The molecule has 29 heavy (non-hydrogen) atoms. The fraction of sp³-hybridized carbons (Fsp3) is 0.381. The van der Waals surface area contributed by atoms with E-state index in [0.29, 0.717) is 31.4 Å². The van der Waals surface area contributed by atoms with E-state index in [-0.39, 0.29) is 5.82 Å². The Hall–Kier alpha value is -3.16. The van der Waals surface area contributed by atoms with Crippen molar-refractivity contribution in [3.63, 3.8) is 0 Å². The molecule has 3 aromatic rings. The van der Waals surface area contributed by atoms with Crippen molar-refractivity contribution in [2.75, 3.05) is 13.6 Å². The zero-order valence-electron chi connectivity index (χ0n) is 17.0. The van der Waals surface area contributed by atoms with Crippen LogP contribution in [0.4, 0.5) is 4.39 Å². The van der Waals surface area contributed by atoms with Gasteiger partial charge in [0.25, 0.3) is 0 Å². The van der Waals surface area contributed by atoms with E-state index < -0.39 is 0 Å². The first kappa shape index (κ1) is 20.6. The number of benzene rings is 1. The molecule has 0 atom stereocenters. The van der Waals surface area contributed by atoms with Crippen LogP contribution in [-0.2, 0) is 25.8 Å². The van der Waals surface area contributed by atoms with Gasteiger partial charge < -0.3 is 19.6 Å². The van der Waals surface area contributed by atoms with Crippen LogP contribution in [0, 0.1) is 5.82 Å². The van der Waals surface area contributed by atoms with Crippen LogP contribution in [0.15, 0.2) is 44.5 Å². The van der Waals surface area contributed by atoms with Gasteiger partial charge in [0.1, 0.15) is 17.8 Å². The van der Waals surface area contributed by atoms with Crippen LogP contribution in [0.2, 0.25) is 0 Å². The summed E-state index contributed by atoms with van der Waals surface area (Å²) in [5.74, 6) is 1.79. The molecule has 0 saturated heterocycles. The number of aromatic nitrogens is 2. The molecule has 7 nitrogen and oxygen atoms in total. The summed E-state index contributed by atoms with van der Waals surface area (Å²) >= 11 is 0. The molecule has 154 valence electrons. The minimum absolute atomic E-state index is 0.285. The maximum atomic E-state index is 13.0. The van der Waals surface area contributed by atoms with Crippen molar-refractivity contribution < 1.29 is 13.3 Å². The molecule has 0 aliphatic rings. The summed E-state index contributed by atoms with van der Waals surface area (Å²) in [5, 5.41) is 10.7. The van der Waals surface area contributed by atoms with Crippen LogP contribution in [0.1, 0.15) is 36.6 Å². The molecule has 0 fully saturated rings. The van der Waals surface area contributed by atoms with Crippen LogP contribution < -0.4 is 10.6 Å². The average Bonchev–Trinajstić information content (AvgIpc) is 3.37. The third kappa shape index (κ3) is 5.22. The second-order valence-corrected chi connectivity index (χ2v) is 6.49. The molecule has 0 spiro atoms. The maximum absolute atomic E-state index is 13.0. The van der Waals surface area contributed by atoms with Crippen molar-refractivity contribution in [1.29, 1.82) is 0 Å². The molecule has 0 amide bonds. The molecule has 1 aromatic carbocycles. The van der Waals surface area contributed by atoms with Crippen molar-refractivity contribution in [2.24, 2.45) is 4.99 Å².